The number of phenols is 4. The zero-order chi connectivity index (χ0) is 34.8. The van der Waals surface area contributed by atoms with Crippen molar-refractivity contribution < 1.29 is 74.4 Å². The normalized spacial score (nSPS) is 10.4. The smallest absolute Gasteiger partial charge is 0.300 e. The van der Waals surface area contributed by atoms with E-state index in [0.717, 1.165) is 46.5 Å². The number of nitrogens with zero attached hydrogens (tertiary/aromatic N) is 2. The van der Waals surface area contributed by atoms with Crippen LogP contribution in [0.1, 0.15) is 25.0 Å². The third kappa shape index (κ3) is 10.2. The van der Waals surface area contributed by atoms with Crippen LogP contribution < -0.4 is 0 Å². The van der Waals surface area contributed by atoms with E-state index < -0.39 is 11.9 Å². The topological polar surface area (TPSA) is 180 Å². The van der Waals surface area contributed by atoms with E-state index in [1.54, 1.807) is 24.3 Å². The van der Waals surface area contributed by atoms with Gasteiger partial charge in [-0.3, -0.25) is 19.6 Å². The summed E-state index contributed by atoms with van der Waals surface area (Å²) in [6.45, 7) is 2.17. The summed E-state index contributed by atoms with van der Waals surface area (Å²) in [5.74, 6) is -2.59. The molecule has 256 valence electrons. The van der Waals surface area contributed by atoms with Crippen LogP contribution in [0.2, 0.25) is 0 Å². The summed E-state index contributed by atoms with van der Waals surface area (Å²) >= 11 is 0. The average Bonchev–Trinajstić information content (AvgIpc) is 3.05. The maximum atomic E-state index is 10.3. The molecule has 12 heteroatoms. The molecule has 10 nitrogen and oxygen atoms in total. The second-order valence-electron chi connectivity index (χ2n) is 10.3. The molecule has 0 unspecified atom stereocenters. The first-order chi connectivity index (χ1) is 23.0. The molecule has 0 aliphatic carbocycles. The predicted octanol–water partition coefficient (Wildman–Crippen LogP) is 8.16. The Morgan fingerprint density at radius 1 is 0.500 bits per heavy atom. The summed E-state index contributed by atoms with van der Waals surface area (Å²) in [5, 5.41) is 59.4. The minimum atomic E-state index is -0.833. The number of carbonyl (C=O) groups is 2. The molecule has 6 aromatic rings. The molecule has 0 amide bonds. The van der Waals surface area contributed by atoms with Crippen LogP contribution in [0.4, 0.5) is 11.4 Å². The molecule has 50 heavy (non-hydrogen) atoms. The Hall–Kier alpha value is -5.64. The van der Waals surface area contributed by atoms with Crippen LogP contribution in [-0.4, -0.2) is 55.0 Å². The van der Waals surface area contributed by atoms with Crippen LogP contribution in [0.5, 0.6) is 23.0 Å². The molecule has 0 aliphatic heterocycles. The van der Waals surface area contributed by atoms with E-state index >= 15 is 0 Å². The monoisotopic (exact) mass is 754 g/mol. The second kappa shape index (κ2) is 18.8. The molecule has 0 saturated carbocycles. The summed E-state index contributed by atoms with van der Waals surface area (Å²) in [7, 11) is 0. The third-order valence-electron chi connectivity index (χ3n) is 6.84. The first-order valence-corrected chi connectivity index (χ1v) is 14.5. The SMILES string of the molecule is CC(=O)O.CC(=O)O.Oc1cccc(C=Nc2ccc3ccccc3c2-c2c(N=Cc3cccc(O)c3O)ccc3ccccc23)c1O.[Mn].[Mn]. The fraction of sp³-hybridized carbons (Fsp3) is 0.0526. The Morgan fingerprint density at radius 2 is 0.840 bits per heavy atom. The van der Waals surface area contributed by atoms with Crippen LogP contribution >= 0.6 is 0 Å². The fourth-order valence-corrected chi connectivity index (χ4v) is 4.84. The number of carboxylic acid groups (broad SMARTS) is 2. The van der Waals surface area contributed by atoms with Gasteiger partial charge in [-0.15, -0.1) is 0 Å². The molecule has 0 bridgehead atoms. The number of aliphatic imine (C=N–C) groups is 2. The first kappa shape index (κ1) is 40.5. The average molecular weight is 755 g/mol. The summed E-state index contributed by atoms with van der Waals surface area (Å²) < 4.78 is 0. The van der Waals surface area contributed by atoms with Gasteiger partial charge >= 0.3 is 0 Å². The van der Waals surface area contributed by atoms with Crippen LogP contribution in [-0.2, 0) is 43.7 Å². The molecule has 6 rings (SSSR count). The zero-order valence-corrected chi connectivity index (χ0v) is 29.1. The van der Waals surface area contributed by atoms with Gasteiger partial charge in [-0.2, -0.15) is 0 Å². The van der Waals surface area contributed by atoms with E-state index in [1.165, 1.54) is 24.6 Å². The number of para-hydroxylation sites is 2. The molecule has 0 heterocycles. The third-order valence-corrected chi connectivity index (χ3v) is 6.84. The number of aromatic hydroxyl groups is 4. The maximum absolute atomic E-state index is 10.3. The Labute approximate surface area is 308 Å². The summed E-state index contributed by atoms with van der Waals surface area (Å²) in [6, 6.07) is 33.3. The molecule has 0 spiro atoms. The van der Waals surface area contributed by atoms with Gasteiger partial charge in [0.2, 0.25) is 0 Å². The predicted molar refractivity (Wildman–Crippen MR) is 188 cm³/mol. The molecule has 6 N–H and O–H groups in total. The van der Waals surface area contributed by atoms with Gasteiger partial charge in [0.05, 0.1) is 11.4 Å². The number of hydrogen-bond acceptors (Lipinski definition) is 8. The minimum Gasteiger partial charge on any atom is -0.504 e. The largest absolute Gasteiger partial charge is 0.504 e. The van der Waals surface area contributed by atoms with Crippen molar-refractivity contribution in [1.82, 2.24) is 0 Å². The number of fused-ring (bicyclic) bond motifs is 2. The van der Waals surface area contributed by atoms with Gasteiger partial charge in [-0.1, -0.05) is 72.8 Å². The zero-order valence-electron chi connectivity index (χ0n) is 26.7. The summed E-state index contributed by atoms with van der Waals surface area (Å²) in [4.78, 5) is 27.6. The van der Waals surface area contributed by atoms with E-state index in [-0.39, 0.29) is 57.1 Å². The van der Waals surface area contributed by atoms with Gasteiger partial charge in [0, 0.05) is 82.7 Å². The molecule has 0 atom stereocenters. The quantitative estimate of drug-likeness (QED) is 0.0579. The second-order valence-corrected chi connectivity index (χ2v) is 10.3. The van der Waals surface area contributed by atoms with Gasteiger partial charge in [-0.05, 0) is 57.9 Å². The molecular weight excluding hydrogens is 722 g/mol. The summed E-state index contributed by atoms with van der Waals surface area (Å²) in [5.41, 5.74) is 3.75. The standard InChI is InChI=1S/C34H24N2O4.2C2H4O2.2Mn/c37-29-13-5-9-23(33(29)39)19-35-27-17-15-21-7-1-3-11-25(21)31(27)32-26-12-4-2-8-22(26)16-18-28(32)36-20-24-10-6-14-30(38)34(24)40;2*1-2(3)4;;/h1-20,37-40H;2*1H3,(H,3,4);;. The minimum absolute atomic E-state index is 0. The Bertz CT molecular complexity index is 2020. The Balaban J connectivity index is 0.000000787. The van der Waals surface area contributed by atoms with Gasteiger partial charge < -0.3 is 30.6 Å². The molecular formula is C38H32Mn2N2O8. The van der Waals surface area contributed by atoms with Crippen molar-refractivity contribution >= 4 is 57.3 Å². The van der Waals surface area contributed by atoms with Crippen molar-refractivity contribution in [2.75, 3.05) is 0 Å². The summed E-state index contributed by atoms with van der Waals surface area (Å²) in [6.07, 6.45) is 3.06. The van der Waals surface area contributed by atoms with Gasteiger partial charge in [0.1, 0.15) is 0 Å². The molecule has 0 fully saturated rings. The maximum Gasteiger partial charge on any atom is 0.300 e. The van der Waals surface area contributed by atoms with E-state index in [2.05, 4.69) is 0 Å². The molecule has 6 aromatic carbocycles. The van der Waals surface area contributed by atoms with Crippen LogP contribution in [0, 0.1) is 0 Å². The van der Waals surface area contributed by atoms with Crippen LogP contribution in [0.25, 0.3) is 32.7 Å². The van der Waals surface area contributed by atoms with Crippen LogP contribution in [0.3, 0.4) is 0 Å². The molecule has 0 saturated heterocycles. The van der Waals surface area contributed by atoms with E-state index in [9.17, 15) is 20.4 Å². The van der Waals surface area contributed by atoms with Gasteiger partial charge in [-0.25, -0.2) is 0 Å². The number of carboxylic acids is 2. The number of aliphatic carboxylic acids is 2. The van der Waals surface area contributed by atoms with Crippen molar-refractivity contribution in [1.29, 1.82) is 0 Å². The number of benzene rings is 6. The first-order valence-electron chi connectivity index (χ1n) is 14.5. The van der Waals surface area contributed by atoms with Gasteiger partial charge in [0.15, 0.2) is 23.0 Å². The fourth-order valence-electron chi connectivity index (χ4n) is 4.84. The van der Waals surface area contributed by atoms with E-state index in [4.69, 9.17) is 29.8 Å². The molecule has 0 aromatic heterocycles. The molecule has 2 radical (unpaired) electrons. The van der Waals surface area contributed by atoms with Crippen molar-refractivity contribution in [3.63, 3.8) is 0 Å². The van der Waals surface area contributed by atoms with Gasteiger partial charge in [0.25, 0.3) is 11.9 Å². The Kier molecular flexibility index (Phi) is 15.2. The molecule has 0 aliphatic rings. The van der Waals surface area contributed by atoms with Crippen molar-refractivity contribution in [3.05, 3.63) is 120 Å². The Morgan fingerprint density at radius 3 is 1.20 bits per heavy atom. The number of hydrogen-bond donors (Lipinski definition) is 6. The van der Waals surface area contributed by atoms with E-state index in [0.29, 0.717) is 22.5 Å². The van der Waals surface area contributed by atoms with Crippen molar-refractivity contribution in [2.45, 2.75) is 13.8 Å². The number of rotatable bonds is 5. The van der Waals surface area contributed by atoms with E-state index in [1.807, 2.05) is 72.8 Å². The van der Waals surface area contributed by atoms with Crippen LogP contribution in [0.15, 0.2) is 119 Å². The number of phenolic OH excluding ortho intramolecular Hbond substituents is 4. The van der Waals surface area contributed by atoms with Crippen molar-refractivity contribution in [2.24, 2.45) is 9.98 Å². The van der Waals surface area contributed by atoms with Crippen molar-refractivity contribution in [3.8, 4) is 34.1 Å².